The second-order valence-corrected chi connectivity index (χ2v) is 3.46. The van der Waals surface area contributed by atoms with Crippen LogP contribution in [-0.2, 0) is 0 Å². The van der Waals surface area contributed by atoms with E-state index in [1.165, 1.54) is 18.2 Å². The van der Waals surface area contributed by atoms with Gasteiger partial charge in [0.05, 0.1) is 4.92 Å². The zero-order valence-electron chi connectivity index (χ0n) is 9.16. The Balaban J connectivity index is 2.88. The summed E-state index contributed by atoms with van der Waals surface area (Å²) < 4.78 is 13.4. The second kappa shape index (κ2) is 5.41. The molecule has 0 bridgehead atoms. The number of anilines is 1. The van der Waals surface area contributed by atoms with Crippen molar-refractivity contribution in [2.75, 3.05) is 18.9 Å². The Hall–Kier alpha value is -1.69. The van der Waals surface area contributed by atoms with E-state index in [1.807, 2.05) is 6.92 Å². The average molecular weight is 227 g/mol. The number of hydrogen-bond acceptors (Lipinski definition) is 4. The summed E-state index contributed by atoms with van der Waals surface area (Å²) in [5, 5.41) is 16.4. The summed E-state index contributed by atoms with van der Waals surface area (Å²) in [6.07, 6.45) is 0. The number of hydrogen-bond donors (Lipinski definition) is 2. The van der Waals surface area contributed by atoms with E-state index in [-0.39, 0.29) is 17.4 Å². The molecule has 0 radical (unpaired) electrons. The first-order valence-electron chi connectivity index (χ1n) is 4.90. The maximum absolute atomic E-state index is 13.4. The number of halogens is 1. The van der Waals surface area contributed by atoms with Gasteiger partial charge in [-0.15, -0.1) is 0 Å². The quantitative estimate of drug-likeness (QED) is 0.594. The summed E-state index contributed by atoms with van der Waals surface area (Å²) in [5.41, 5.74) is -0.307. The highest BCUT2D eigenvalue weighted by molar-refractivity contribution is 5.62. The fourth-order valence-electron chi connectivity index (χ4n) is 1.20. The molecule has 1 aromatic rings. The first kappa shape index (κ1) is 12.4. The fraction of sp³-hybridized carbons (Fsp3) is 0.400. The van der Waals surface area contributed by atoms with Crippen LogP contribution < -0.4 is 10.6 Å². The van der Waals surface area contributed by atoms with Gasteiger partial charge in [0.25, 0.3) is 5.69 Å². The van der Waals surface area contributed by atoms with Crippen molar-refractivity contribution in [2.24, 2.45) is 0 Å². The Kier molecular flexibility index (Phi) is 4.19. The van der Waals surface area contributed by atoms with E-state index in [0.717, 1.165) is 0 Å². The average Bonchev–Trinajstić information content (AvgIpc) is 2.26. The molecule has 0 spiro atoms. The Morgan fingerprint density at radius 3 is 2.81 bits per heavy atom. The lowest BCUT2D eigenvalue weighted by atomic mass is 10.2. The van der Waals surface area contributed by atoms with Crippen LogP contribution in [0.4, 0.5) is 15.8 Å². The van der Waals surface area contributed by atoms with Gasteiger partial charge >= 0.3 is 0 Å². The van der Waals surface area contributed by atoms with E-state index >= 15 is 0 Å². The van der Waals surface area contributed by atoms with Gasteiger partial charge in [0.2, 0.25) is 0 Å². The Morgan fingerprint density at radius 1 is 1.56 bits per heavy atom. The van der Waals surface area contributed by atoms with Crippen LogP contribution in [0.25, 0.3) is 0 Å². The Morgan fingerprint density at radius 2 is 2.25 bits per heavy atom. The van der Waals surface area contributed by atoms with Gasteiger partial charge in [-0.25, -0.2) is 4.39 Å². The second-order valence-electron chi connectivity index (χ2n) is 3.46. The van der Waals surface area contributed by atoms with E-state index < -0.39 is 10.7 Å². The standard InChI is InChI=1S/C10H14FN3O2/c1-7(12-2)6-13-10-8(11)4-3-5-9(10)14(15)16/h3-5,7,12-13H,6H2,1-2H3. The van der Waals surface area contributed by atoms with Gasteiger partial charge in [-0.3, -0.25) is 10.1 Å². The molecule has 16 heavy (non-hydrogen) atoms. The summed E-state index contributed by atoms with van der Waals surface area (Å²) >= 11 is 0. The molecule has 0 aromatic heterocycles. The molecule has 1 atom stereocenters. The van der Waals surface area contributed by atoms with Crippen LogP contribution in [0.3, 0.4) is 0 Å². The first-order valence-corrected chi connectivity index (χ1v) is 4.90. The molecule has 0 aliphatic rings. The van der Waals surface area contributed by atoms with Crippen LogP contribution in [0.1, 0.15) is 6.92 Å². The molecule has 0 saturated heterocycles. The molecule has 88 valence electrons. The van der Waals surface area contributed by atoms with E-state index in [4.69, 9.17) is 0 Å². The lowest BCUT2D eigenvalue weighted by Gasteiger charge is -2.12. The predicted octanol–water partition coefficient (Wildman–Crippen LogP) is 1.75. The van der Waals surface area contributed by atoms with Gasteiger partial charge in [-0.1, -0.05) is 6.07 Å². The smallest absolute Gasteiger partial charge is 0.295 e. The van der Waals surface area contributed by atoms with Crippen molar-refractivity contribution in [1.82, 2.24) is 5.32 Å². The van der Waals surface area contributed by atoms with Crippen LogP contribution in [0.15, 0.2) is 18.2 Å². The largest absolute Gasteiger partial charge is 0.376 e. The van der Waals surface area contributed by atoms with E-state index in [0.29, 0.717) is 6.54 Å². The normalized spacial score (nSPS) is 12.2. The number of nitrogens with zero attached hydrogens (tertiary/aromatic N) is 1. The SMILES string of the molecule is CNC(C)CNc1c(F)cccc1[N+](=O)[O-]. The van der Waals surface area contributed by atoms with Crippen molar-refractivity contribution in [2.45, 2.75) is 13.0 Å². The fourth-order valence-corrected chi connectivity index (χ4v) is 1.20. The summed E-state index contributed by atoms with van der Waals surface area (Å²) in [6, 6.07) is 3.88. The third kappa shape index (κ3) is 2.90. The molecule has 0 amide bonds. The van der Waals surface area contributed by atoms with E-state index in [1.54, 1.807) is 7.05 Å². The van der Waals surface area contributed by atoms with Crippen LogP contribution in [-0.4, -0.2) is 24.6 Å². The van der Waals surface area contributed by atoms with Crippen LogP contribution in [0.2, 0.25) is 0 Å². The van der Waals surface area contributed by atoms with Gasteiger partial charge < -0.3 is 10.6 Å². The van der Waals surface area contributed by atoms with Crippen molar-refractivity contribution in [3.8, 4) is 0 Å². The van der Waals surface area contributed by atoms with Gasteiger partial charge in [-0.2, -0.15) is 0 Å². The van der Waals surface area contributed by atoms with Crippen molar-refractivity contribution < 1.29 is 9.31 Å². The van der Waals surface area contributed by atoms with Crippen molar-refractivity contribution >= 4 is 11.4 Å². The summed E-state index contributed by atoms with van der Waals surface area (Å²) in [6.45, 7) is 2.30. The molecule has 0 heterocycles. The van der Waals surface area contributed by atoms with Gasteiger partial charge in [0.1, 0.15) is 5.69 Å². The number of nitro groups is 1. The van der Waals surface area contributed by atoms with Gasteiger partial charge in [0, 0.05) is 18.7 Å². The number of para-hydroxylation sites is 1. The highest BCUT2D eigenvalue weighted by atomic mass is 19.1. The Bertz CT molecular complexity index is 384. The topological polar surface area (TPSA) is 67.2 Å². The van der Waals surface area contributed by atoms with Gasteiger partial charge in [0.15, 0.2) is 5.82 Å². The highest BCUT2D eigenvalue weighted by Gasteiger charge is 2.17. The summed E-state index contributed by atoms with van der Waals surface area (Å²) in [4.78, 5) is 10.1. The number of nitro benzene ring substituents is 1. The molecule has 0 aliphatic heterocycles. The lowest BCUT2D eigenvalue weighted by Crippen LogP contribution is -2.29. The first-order chi connectivity index (χ1) is 7.56. The number of rotatable bonds is 5. The molecular weight excluding hydrogens is 213 g/mol. The number of likely N-dealkylation sites (N-methyl/N-ethyl adjacent to an activating group) is 1. The molecule has 1 unspecified atom stereocenters. The van der Waals surface area contributed by atoms with Crippen LogP contribution in [0, 0.1) is 15.9 Å². The minimum absolute atomic E-state index is 0.0606. The monoisotopic (exact) mass is 227 g/mol. The van der Waals surface area contributed by atoms with Crippen LogP contribution in [0.5, 0.6) is 0 Å². The minimum Gasteiger partial charge on any atom is -0.376 e. The van der Waals surface area contributed by atoms with Crippen LogP contribution >= 0.6 is 0 Å². The van der Waals surface area contributed by atoms with Crippen molar-refractivity contribution in [3.63, 3.8) is 0 Å². The van der Waals surface area contributed by atoms with Crippen molar-refractivity contribution in [1.29, 1.82) is 0 Å². The van der Waals surface area contributed by atoms with Gasteiger partial charge in [-0.05, 0) is 20.0 Å². The zero-order valence-corrected chi connectivity index (χ0v) is 9.16. The predicted molar refractivity (Wildman–Crippen MR) is 60.1 cm³/mol. The Labute approximate surface area is 92.8 Å². The minimum atomic E-state index is -0.613. The lowest BCUT2D eigenvalue weighted by molar-refractivity contribution is -0.384. The third-order valence-corrected chi connectivity index (χ3v) is 2.27. The maximum Gasteiger partial charge on any atom is 0.295 e. The molecule has 0 saturated carbocycles. The highest BCUT2D eigenvalue weighted by Crippen LogP contribution is 2.26. The molecular formula is C10H14FN3O2. The number of nitrogens with one attached hydrogen (secondary N) is 2. The molecule has 5 nitrogen and oxygen atoms in total. The zero-order chi connectivity index (χ0) is 12.1. The van der Waals surface area contributed by atoms with E-state index in [2.05, 4.69) is 10.6 Å². The molecule has 0 aliphatic carbocycles. The number of benzene rings is 1. The third-order valence-electron chi connectivity index (χ3n) is 2.27. The summed E-state index contributed by atoms with van der Waals surface area (Å²) in [5.74, 6) is -0.613. The summed E-state index contributed by atoms with van der Waals surface area (Å²) in [7, 11) is 1.77. The van der Waals surface area contributed by atoms with Crippen molar-refractivity contribution in [3.05, 3.63) is 34.1 Å². The molecule has 1 rings (SSSR count). The maximum atomic E-state index is 13.4. The molecule has 2 N–H and O–H groups in total. The molecule has 6 heteroatoms. The van der Waals surface area contributed by atoms with E-state index in [9.17, 15) is 14.5 Å². The molecule has 1 aromatic carbocycles. The molecule has 0 fully saturated rings.